The number of hydrogen-bond acceptors (Lipinski definition) is 5. The van der Waals surface area contributed by atoms with Crippen molar-refractivity contribution in [1.82, 2.24) is 25.1 Å². The second kappa shape index (κ2) is 6.82. The van der Waals surface area contributed by atoms with Crippen LogP contribution in [0.4, 0.5) is 5.82 Å². The second-order valence-corrected chi connectivity index (χ2v) is 7.63. The van der Waals surface area contributed by atoms with Crippen LogP contribution in [0.3, 0.4) is 0 Å². The summed E-state index contributed by atoms with van der Waals surface area (Å²) < 4.78 is 1.64. The number of aryl methyl sites for hydroxylation is 1. The number of rotatable bonds is 3. The summed E-state index contributed by atoms with van der Waals surface area (Å²) in [4.78, 5) is 23.6. The van der Waals surface area contributed by atoms with Crippen LogP contribution in [0.15, 0.2) is 24.7 Å². The molecule has 1 saturated heterocycles. The first-order valence-electron chi connectivity index (χ1n) is 8.71. The lowest BCUT2D eigenvalue weighted by Crippen LogP contribution is -2.45. The topological polar surface area (TPSA) is 75.9 Å². The van der Waals surface area contributed by atoms with Gasteiger partial charge in [0.2, 0.25) is 0 Å². The molecule has 0 spiro atoms. The summed E-state index contributed by atoms with van der Waals surface area (Å²) in [5.41, 5.74) is 0.544. The van der Waals surface area contributed by atoms with Crippen molar-refractivity contribution in [2.45, 2.75) is 45.1 Å². The first-order valence-corrected chi connectivity index (χ1v) is 8.71. The molecule has 0 bridgehead atoms. The van der Waals surface area contributed by atoms with Crippen molar-refractivity contribution in [2.24, 2.45) is 7.05 Å². The fraction of sp³-hybridized carbons (Fsp3) is 0.556. The molecule has 1 amide bonds. The van der Waals surface area contributed by atoms with E-state index in [1.165, 1.54) is 0 Å². The minimum absolute atomic E-state index is 0.0522. The van der Waals surface area contributed by atoms with Crippen LogP contribution in [-0.4, -0.2) is 44.8 Å². The molecule has 1 fully saturated rings. The third kappa shape index (κ3) is 4.15. The minimum atomic E-state index is -0.0635. The Morgan fingerprint density at radius 3 is 2.60 bits per heavy atom. The Balaban J connectivity index is 1.58. The number of carbonyl (C=O) groups is 1. The van der Waals surface area contributed by atoms with Crippen LogP contribution < -0.4 is 10.2 Å². The Morgan fingerprint density at radius 2 is 2.00 bits per heavy atom. The van der Waals surface area contributed by atoms with E-state index in [4.69, 9.17) is 4.98 Å². The summed E-state index contributed by atoms with van der Waals surface area (Å²) >= 11 is 0. The van der Waals surface area contributed by atoms with Gasteiger partial charge >= 0.3 is 0 Å². The molecule has 2 aromatic rings. The Labute approximate surface area is 148 Å². The van der Waals surface area contributed by atoms with Crippen molar-refractivity contribution in [1.29, 1.82) is 0 Å². The number of nitrogens with zero attached hydrogens (tertiary/aromatic N) is 5. The number of amides is 1. The first-order chi connectivity index (χ1) is 11.8. The van der Waals surface area contributed by atoms with Gasteiger partial charge in [-0.2, -0.15) is 5.10 Å². The molecule has 0 aromatic carbocycles. The van der Waals surface area contributed by atoms with Crippen LogP contribution in [0.2, 0.25) is 0 Å². The van der Waals surface area contributed by atoms with Crippen molar-refractivity contribution in [3.05, 3.63) is 36.0 Å². The van der Waals surface area contributed by atoms with Crippen LogP contribution in [0.5, 0.6) is 0 Å². The second-order valence-electron chi connectivity index (χ2n) is 7.63. The molecule has 25 heavy (non-hydrogen) atoms. The van der Waals surface area contributed by atoms with E-state index >= 15 is 0 Å². The molecule has 134 valence electrons. The SMILES string of the molecule is Cn1cc(C(=O)NC2CCN(c3ccnc(C(C)(C)C)n3)CC2)cn1. The van der Waals surface area contributed by atoms with Gasteiger partial charge in [-0.3, -0.25) is 9.48 Å². The number of carbonyl (C=O) groups excluding carboxylic acids is 1. The molecule has 0 radical (unpaired) electrons. The van der Waals surface area contributed by atoms with E-state index in [1.54, 1.807) is 17.1 Å². The van der Waals surface area contributed by atoms with Crippen LogP contribution in [0.1, 0.15) is 49.8 Å². The van der Waals surface area contributed by atoms with Gasteiger partial charge < -0.3 is 10.2 Å². The maximum Gasteiger partial charge on any atom is 0.254 e. The third-order valence-electron chi connectivity index (χ3n) is 4.43. The Hall–Kier alpha value is -2.44. The monoisotopic (exact) mass is 342 g/mol. The standard InChI is InChI=1S/C18H26N6O/c1-18(2,3)17-19-8-5-15(22-17)24-9-6-14(7-10-24)21-16(25)13-11-20-23(4)12-13/h5,8,11-12,14H,6-7,9-10H2,1-4H3,(H,21,25). The Morgan fingerprint density at radius 1 is 1.28 bits per heavy atom. The van der Waals surface area contributed by atoms with Crippen molar-refractivity contribution < 1.29 is 4.79 Å². The van der Waals surface area contributed by atoms with Crippen molar-refractivity contribution in [3.63, 3.8) is 0 Å². The molecule has 0 aliphatic carbocycles. The van der Waals surface area contributed by atoms with Gasteiger partial charge in [0.1, 0.15) is 11.6 Å². The van der Waals surface area contributed by atoms with Gasteiger partial charge in [0, 0.05) is 44.0 Å². The fourth-order valence-corrected chi connectivity index (χ4v) is 2.95. The van der Waals surface area contributed by atoms with Crippen molar-refractivity contribution in [3.8, 4) is 0 Å². The zero-order chi connectivity index (χ0) is 18.0. The molecule has 3 rings (SSSR count). The molecule has 7 heteroatoms. The van der Waals surface area contributed by atoms with Crippen LogP contribution in [0, 0.1) is 0 Å². The smallest absolute Gasteiger partial charge is 0.254 e. The zero-order valence-corrected chi connectivity index (χ0v) is 15.4. The van der Waals surface area contributed by atoms with E-state index in [9.17, 15) is 4.79 Å². The van der Waals surface area contributed by atoms with E-state index in [0.29, 0.717) is 5.56 Å². The lowest BCUT2D eigenvalue weighted by Gasteiger charge is -2.33. The molecule has 1 aliphatic rings. The molecule has 0 unspecified atom stereocenters. The van der Waals surface area contributed by atoms with Gasteiger partial charge in [-0.25, -0.2) is 9.97 Å². The van der Waals surface area contributed by atoms with Gasteiger partial charge in [-0.15, -0.1) is 0 Å². The number of hydrogen-bond donors (Lipinski definition) is 1. The van der Waals surface area contributed by atoms with Crippen molar-refractivity contribution >= 4 is 11.7 Å². The molecule has 2 aromatic heterocycles. The molecule has 0 saturated carbocycles. The van der Waals surface area contributed by atoms with E-state index in [2.05, 4.69) is 41.1 Å². The van der Waals surface area contributed by atoms with E-state index in [1.807, 2.05) is 19.3 Å². The van der Waals surface area contributed by atoms with Gasteiger partial charge in [-0.1, -0.05) is 20.8 Å². The normalized spacial score (nSPS) is 16.1. The van der Waals surface area contributed by atoms with Gasteiger partial charge in [-0.05, 0) is 18.9 Å². The van der Waals surface area contributed by atoms with Crippen LogP contribution >= 0.6 is 0 Å². The predicted octanol–water partition coefficient (Wildman–Crippen LogP) is 1.91. The van der Waals surface area contributed by atoms with Crippen LogP contribution in [-0.2, 0) is 12.5 Å². The van der Waals surface area contributed by atoms with Crippen molar-refractivity contribution in [2.75, 3.05) is 18.0 Å². The Kier molecular flexibility index (Phi) is 4.74. The van der Waals surface area contributed by atoms with Gasteiger partial charge in [0.25, 0.3) is 5.91 Å². The maximum absolute atomic E-state index is 12.2. The van der Waals surface area contributed by atoms with Gasteiger partial charge in [0.15, 0.2) is 0 Å². The molecular formula is C18H26N6O. The predicted molar refractivity (Wildman–Crippen MR) is 96.6 cm³/mol. The highest BCUT2D eigenvalue weighted by molar-refractivity contribution is 5.93. The summed E-state index contributed by atoms with van der Waals surface area (Å²) in [6.45, 7) is 8.10. The number of aromatic nitrogens is 4. The summed E-state index contributed by atoms with van der Waals surface area (Å²) in [7, 11) is 1.81. The quantitative estimate of drug-likeness (QED) is 0.922. The largest absolute Gasteiger partial charge is 0.356 e. The highest BCUT2D eigenvalue weighted by Crippen LogP contribution is 2.22. The summed E-state index contributed by atoms with van der Waals surface area (Å²) in [6.07, 6.45) is 6.97. The minimum Gasteiger partial charge on any atom is -0.356 e. The molecular weight excluding hydrogens is 316 g/mol. The maximum atomic E-state index is 12.2. The molecule has 1 N–H and O–H groups in total. The first kappa shape index (κ1) is 17.4. The average molecular weight is 342 g/mol. The third-order valence-corrected chi connectivity index (χ3v) is 4.43. The number of piperidine rings is 1. The summed E-state index contributed by atoms with van der Waals surface area (Å²) in [5.74, 6) is 1.78. The van der Waals surface area contributed by atoms with E-state index in [0.717, 1.165) is 37.6 Å². The number of nitrogens with one attached hydrogen (secondary N) is 1. The van der Waals surface area contributed by atoms with Crippen LogP contribution in [0.25, 0.3) is 0 Å². The Bertz CT molecular complexity index is 740. The molecule has 3 heterocycles. The fourth-order valence-electron chi connectivity index (χ4n) is 2.95. The summed E-state index contributed by atoms with van der Waals surface area (Å²) in [5, 5.41) is 7.15. The average Bonchev–Trinajstić information content (AvgIpc) is 3.01. The number of anilines is 1. The molecule has 7 nitrogen and oxygen atoms in total. The molecule has 0 atom stereocenters. The summed E-state index contributed by atoms with van der Waals surface area (Å²) in [6, 6.07) is 2.15. The zero-order valence-electron chi connectivity index (χ0n) is 15.4. The lowest BCUT2D eigenvalue weighted by molar-refractivity contribution is 0.0931. The highest BCUT2D eigenvalue weighted by atomic mass is 16.1. The highest BCUT2D eigenvalue weighted by Gasteiger charge is 2.24. The van der Waals surface area contributed by atoms with E-state index < -0.39 is 0 Å². The van der Waals surface area contributed by atoms with E-state index in [-0.39, 0.29) is 17.4 Å². The molecule has 1 aliphatic heterocycles. The lowest BCUT2D eigenvalue weighted by atomic mass is 9.96. The van der Waals surface area contributed by atoms with Gasteiger partial charge in [0.05, 0.1) is 11.8 Å².